The molecular formula is C22H24N2O8. The molecule has 10 heteroatoms. The maximum absolute atomic E-state index is 13.2. The van der Waals surface area contributed by atoms with E-state index >= 15 is 0 Å². The molecule has 1 N–H and O–H groups in total. The second-order valence-corrected chi connectivity index (χ2v) is 7.17. The van der Waals surface area contributed by atoms with E-state index in [4.69, 9.17) is 14.2 Å². The van der Waals surface area contributed by atoms with Crippen LogP contribution in [0.2, 0.25) is 0 Å². The van der Waals surface area contributed by atoms with Gasteiger partial charge in [-0.2, -0.15) is 0 Å². The summed E-state index contributed by atoms with van der Waals surface area (Å²) in [4.78, 5) is 37.6. The lowest BCUT2D eigenvalue weighted by molar-refractivity contribution is -0.385. The Balaban J connectivity index is 1.93. The molecule has 1 aliphatic heterocycles. The van der Waals surface area contributed by atoms with Crippen LogP contribution in [-0.4, -0.2) is 59.2 Å². The molecule has 0 radical (unpaired) electrons. The first-order valence-corrected chi connectivity index (χ1v) is 10.0. The number of likely N-dealkylation sites (tertiary alicyclic amines) is 1. The molecule has 1 fully saturated rings. The summed E-state index contributed by atoms with van der Waals surface area (Å²) in [5, 5.41) is 21.8. The number of nitro groups is 1. The predicted molar refractivity (Wildman–Crippen MR) is 113 cm³/mol. The highest BCUT2D eigenvalue weighted by atomic mass is 16.6. The fourth-order valence-electron chi connectivity index (χ4n) is 3.53. The number of carbonyl (C=O) groups excluding carboxylic acids is 2. The van der Waals surface area contributed by atoms with Crippen molar-refractivity contribution in [2.24, 2.45) is 0 Å². The van der Waals surface area contributed by atoms with Gasteiger partial charge in [-0.1, -0.05) is 30.3 Å². The Morgan fingerprint density at radius 2 is 1.94 bits per heavy atom. The summed E-state index contributed by atoms with van der Waals surface area (Å²) in [6, 6.07) is 10.5. The van der Waals surface area contributed by atoms with Crippen LogP contribution in [0.15, 0.2) is 42.5 Å². The van der Waals surface area contributed by atoms with Crippen LogP contribution in [0.4, 0.5) is 5.69 Å². The number of hydrogen-bond donors (Lipinski definition) is 1. The Kier molecular flexibility index (Phi) is 7.26. The van der Waals surface area contributed by atoms with Gasteiger partial charge in [0, 0.05) is 19.0 Å². The van der Waals surface area contributed by atoms with E-state index in [0.29, 0.717) is 0 Å². The van der Waals surface area contributed by atoms with Gasteiger partial charge in [-0.3, -0.25) is 14.9 Å². The highest BCUT2D eigenvalue weighted by molar-refractivity contribution is 6.01. The number of nitrogens with zero attached hydrogens (tertiary/aromatic N) is 2. The van der Waals surface area contributed by atoms with Crippen molar-refractivity contribution in [3.05, 3.63) is 63.7 Å². The summed E-state index contributed by atoms with van der Waals surface area (Å²) in [6.45, 7) is 1.73. The summed E-state index contributed by atoms with van der Waals surface area (Å²) < 4.78 is 16.0. The SMILES string of the molecule is CCOC(=O)[C@@H]1C[C@@H](O)CN1C(=O)c1cc(OC)c(OCc2ccccc2)cc1[N+](=O)[O-]. The Labute approximate surface area is 184 Å². The predicted octanol–water partition coefficient (Wildman–Crippen LogP) is 2.32. The first kappa shape index (κ1) is 23.0. The van der Waals surface area contributed by atoms with Crippen LogP contribution in [0.5, 0.6) is 11.5 Å². The molecule has 0 unspecified atom stereocenters. The van der Waals surface area contributed by atoms with Crippen LogP contribution in [0, 0.1) is 10.1 Å². The van der Waals surface area contributed by atoms with Crippen molar-refractivity contribution in [2.75, 3.05) is 20.3 Å². The highest BCUT2D eigenvalue weighted by Gasteiger charge is 2.42. The number of aliphatic hydroxyl groups excluding tert-OH is 1. The van der Waals surface area contributed by atoms with E-state index in [9.17, 15) is 24.8 Å². The number of β-amino-alcohol motifs (C(OH)–C–C–N with tert-alkyl or cyclic N) is 1. The zero-order valence-electron chi connectivity index (χ0n) is 17.7. The van der Waals surface area contributed by atoms with E-state index < -0.39 is 34.6 Å². The number of esters is 1. The van der Waals surface area contributed by atoms with Crippen LogP contribution in [0.3, 0.4) is 0 Å². The molecule has 0 saturated carbocycles. The fourth-order valence-corrected chi connectivity index (χ4v) is 3.53. The first-order valence-electron chi connectivity index (χ1n) is 10.0. The van der Waals surface area contributed by atoms with Crippen molar-refractivity contribution in [3.63, 3.8) is 0 Å². The molecule has 2 atom stereocenters. The molecule has 1 saturated heterocycles. The number of nitro benzene ring substituents is 1. The van der Waals surface area contributed by atoms with E-state index in [1.54, 1.807) is 6.92 Å². The van der Waals surface area contributed by atoms with Crippen molar-refractivity contribution in [2.45, 2.75) is 32.1 Å². The third-order valence-electron chi connectivity index (χ3n) is 5.04. The summed E-state index contributed by atoms with van der Waals surface area (Å²) in [7, 11) is 1.35. The molecule has 0 bridgehead atoms. The molecule has 170 valence electrons. The molecular weight excluding hydrogens is 420 g/mol. The van der Waals surface area contributed by atoms with E-state index in [1.807, 2.05) is 30.3 Å². The van der Waals surface area contributed by atoms with Crippen molar-refractivity contribution in [1.82, 2.24) is 4.90 Å². The van der Waals surface area contributed by atoms with Gasteiger partial charge in [0.1, 0.15) is 18.2 Å². The quantitative estimate of drug-likeness (QED) is 0.373. The van der Waals surface area contributed by atoms with E-state index in [-0.39, 0.29) is 43.2 Å². The second kappa shape index (κ2) is 10.1. The van der Waals surface area contributed by atoms with Crippen LogP contribution in [0.25, 0.3) is 0 Å². The van der Waals surface area contributed by atoms with Gasteiger partial charge in [0.2, 0.25) is 0 Å². The molecule has 1 amide bonds. The first-order chi connectivity index (χ1) is 15.3. The molecule has 1 heterocycles. The topological polar surface area (TPSA) is 128 Å². The number of carbonyl (C=O) groups is 2. The molecule has 0 aromatic heterocycles. The van der Waals surface area contributed by atoms with Crippen LogP contribution in [0.1, 0.15) is 29.3 Å². The molecule has 10 nitrogen and oxygen atoms in total. The standard InChI is InChI=1S/C22H24N2O8/c1-3-31-22(27)18-9-15(25)12-23(18)21(26)16-10-19(30-2)20(11-17(16)24(28)29)32-13-14-7-5-4-6-8-14/h4-8,10-11,15,18,25H,3,9,12-13H2,1-2H3/t15-,18+/m1/s1. The Morgan fingerprint density at radius 3 is 2.56 bits per heavy atom. The number of amides is 1. The largest absolute Gasteiger partial charge is 0.493 e. The van der Waals surface area contributed by atoms with Crippen molar-refractivity contribution in [1.29, 1.82) is 0 Å². The van der Waals surface area contributed by atoms with Gasteiger partial charge < -0.3 is 24.2 Å². The molecule has 32 heavy (non-hydrogen) atoms. The summed E-state index contributed by atoms with van der Waals surface area (Å²) >= 11 is 0. The average Bonchev–Trinajstić information content (AvgIpc) is 3.19. The minimum Gasteiger partial charge on any atom is -0.493 e. The summed E-state index contributed by atoms with van der Waals surface area (Å²) in [5.41, 5.74) is 0.0749. The van der Waals surface area contributed by atoms with Gasteiger partial charge >= 0.3 is 5.97 Å². The summed E-state index contributed by atoms with van der Waals surface area (Å²) in [5.74, 6) is -1.22. The number of methoxy groups -OCH3 is 1. The Bertz CT molecular complexity index is 995. The van der Waals surface area contributed by atoms with Crippen LogP contribution in [-0.2, 0) is 16.1 Å². The molecule has 2 aromatic carbocycles. The molecule has 3 rings (SSSR count). The second-order valence-electron chi connectivity index (χ2n) is 7.17. The zero-order chi connectivity index (χ0) is 23.3. The minimum absolute atomic E-state index is 0.00617. The van der Waals surface area contributed by atoms with Gasteiger partial charge in [0.15, 0.2) is 11.5 Å². The lowest BCUT2D eigenvalue weighted by atomic mass is 10.1. The zero-order valence-corrected chi connectivity index (χ0v) is 17.7. The number of aliphatic hydroxyl groups is 1. The van der Waals surface area contributed by atoms with E-state index in [0.717, 1.165) is 16.5 Å². The van der Waals surface area contributed by atoms with Crippen LogP contribution >= 0.6 is 0 Å². The lowest BCUT2D eigenvalue weighted by Crippen LogP contribution is -2.41. The third-order valence-corrected chi connectivity index (χ3v) is 5.04. The smallest absolute Gasteiger partial charge is 0.328 e. The maximum atomic E-state index is 13.2. The third kappa shape index (κ3) is 4.97. The van der Waals surface area contributed by atoms with Crippen LogP contribution < -0.4 is 9.47 Å². The number of ether oxygens (including phenoxy) is 3. The molecule has 2 aromatic rings. The molecule has 1 aliphatic rings. The maximum Gasteiger partial charge on any atom is 0.328 e. The lowest BCUT2D eigenvalue weighted by Gasteiger charge is -2.23. The number of rotatable bonds is 8. The number of benzene rings is 2. The van der Waals surface area contributed by atoms with E-state index in [2.05, 4.69) is 0 Å². The summed E-state index contributed by atoms with van der Waals surface area (Å²) in [6.07, 6.45) is -0.948. The van der Waals surface area contributed by atoms with Gasteiger partial charge in [0.25, 0.3) is 11.6 Å². The monoisotopic (exact) mass is 444 g/mol. The average molecular weight is 444 g/mol. The van der Waals surface area contributed by atoms with Crippen molar-refractivity contribution >= 4 is 17.6 Å². The Morgan fingerprint density at radius 1 is 1.22 bits per heavy atom. The van der Waals surface area contributed by atoms with Gasteiger partial charge in [-0.15, -0.1) is 0 Å². The number of hydrogen-bond acceptors (Lipinski definition) is 8. The van der Waals surface area contributed by atoms with Gasteiger partial charge in [-0.25, -0.2) is 4.79 Å². The van der Waals surface area contributed by atoms with Gasteiger partial charge in [-0.05, 0) is 12.5 Å². The van der Waals surface area contributed by atoms with Crippen molar-refractivity contribution in [3.8, 4) is 11.5 Å². The Hall–Kier alpha value is -3.66. The highest BCUT2D eigenvalue weighted by Crippen LogP contribution is 2.37. The van der Waals surface area contributed by atoms with E-state index in [1.165, 1.54) is 13.2 Å². The fraction of sp³-hybridized carbons (Fsp3) is 0.364. The normalized spacial score (nSPS) is 17.7. The van der Waals surface area contributed by atoms with Gasteiger partial charge in [0.05, 0.1) is 30.8 Å². The molecule has 0 aliphatic carbocycles. The van der Waals surface area contributed by atoms with Crippen molar-refractivity contribution < 1.29 is 33.8 Å². The molecule has 0 spiro atoms. The minimum atomic E-state index is -1.03.